The third kappa shape index (κ3) is 4.02. The molecule has 1 amide bonds. The number of carbonyl (C=O) groups is 1. The fraction of sp³-hybridized carbons (Fsp3) is 0.500. The molecule has 1 aromatic carbocycles. The Labute approximate surface area is 212 Å². The number of hydrogen-bond acceptors (Lipinski definition) is 7. The van der Waals surface area contributed by atoms with E-state index in [4.69, 9.17) is 4.52 Å². The van der Waals surface area contributed by atoms with Crippen LogP contribution in [0, 0.1) is 5.41 Å². The van der Waals surface area contributed by atoms with Gasteiger partial charge in [0, 0.05) is 61.5 Å². The normalized spacial score (nSPS) is 21.6. The molecule has 1 N–H and O–H groups in total. The molecule has 0 radical (unpaired) electrons. The number of nitrogens with zero attached hydrogens (tertiary/aromatic N) is 5. The van der Waals surface area contributed by atoms with Gasteiger partial charge in [0.25, 0.3) is 0 Å². The van der Waals surface area contributed by atoms with Crippen LogP contribution in [0.2, 0.25) is 0 Å². The first-order valence-electron chi connectivity index (χ1n) is 12.7. The molecule has 1 unspecified atom stereocenters. The fourth-order valence-corrected chi connectivity index (χ4v) is 5.87. The largest absolute Gasteiger partial charge is 0.380 e. The van der Waals surface area contributed by atoms with Crippen molar-refractivity contribution in [1.29, 1.82) is 0 Å². The molecule has 2 aliphatic heterocycles. The zero-order valence-corrected chi connectivity index (χ0v) is 21.7. The molecular formula is C28H35N5O3. The highest BCUT2D eigenvalue weighted by molar-refractivity contribution is 5.79. The summed E-state index contributed by atoms with van der Waals surface area (Å²) in [4.78, 5) is 25.3. The highest BCUT2D eigenvalue weighted by atomic mass is 16.5. The third-order valence-corrected chi connectivity index (χ3v) is 7.91. The molecule has 8 nitrogen and oxygen atoms in total. The quantitative estimate of drug-likeness (QED) is 0.540. The number of amides is 1. The van der Waals surface area contributed by atoms with E-state index in [2.05, 4.69) is 60.0 Å². The first-order valence-corrected chi connectivity index (χ1v) is 12.7. The van der Waals surface area contributed by atoms with E-state index in [1.165, 1.54) is 5.56 Å². The number of benzene rings is 1. The molecule has 2 saturated heterocycles. The summed E-state index contributed by atoms with van der Waals surface area (Å²) < 4.78 is 5.57. The van der Waals surface area contributed by atoms with Gasteiger partial charge >= 0.3 is 0 Å². The van der Waals surface area contributed by atoms with Gasteiger partial charge in [-0.25, -0.2) is 0 Å². The van der Waals surface area contributed by atoms with Crippen LogP contribution in [-0.4, -0.2) is 69.2 Å². The predicted octanol–water partition coefficient (Wildman–Crippen LogP) is 3.78. The van der Waals surface area contributed by atoms with Gasteiger partial charge in [-0.15, -0.1) is 0 Å². The summed E-state index contributed by atoms with van der Waals surface area (Å²) in [6, 6.07) is 10.2. The molecule has 0 bridgehead atoms. The number of hydrogen-bond donors (Lipinski definition) is 1. The number of rotatable bonds is 7. The standard InChI is InChI=1S/C28H35N5O3/c1-6-33-15-21(12-24(33)34)26-30-25(31-36-26)20-11-23(14-29-13-20)28(35,27(4)16-32(5)17-27)22-9-7-19(8-10-22)18(2)3/h7-11,13-14,18,21,35H,6,12,15-17H2,1-5H3/t21-,28?/m0/s1. The van der Waals surface area contributed by atoms with Crippen molar-refractivity contribution in [3.8, 4) is 11.4 Å². The number of carbonyl (C=O) groups excluding carboxylic acids is 1. The highest BCUT2D eigenvalue weighted by Gasteiger charge is 2.55. The highest BCUT2D eigenvalue weighted by Crippen LogP contribution is 2.50. The molecule has 2 fully saturated rings. The maximum absolute atomic E-state index is 12.4. The van der Waals surface area contributed by atoms with E-state index in [9.17, 15) is 9.90 Å². The van der Waals surface area contributed by atoms with Crippen LogP contribution in [0.25, 0.3) is 11.4 Å². The van der Waals surface area contributed by atoms with Crippen LogP contribution < -0.4 is 0 Å². The lowest BCUT2D eigenvalue weighted by atomic mass is 9.62. The van der Waals surface area contributed by atoms with E-state index in [1.807, 2.05) is 25.1 Å². The van der Waals surface area contributed by atoms with Crippen molar-refractivity contribution in [2.75, 3.05) is 33.2 Å². The Hall–Kier alpha value is -3.10. The van der Waals surface area contributed by atoms with E-state index in [0.717, 1.165) is 18.7 Å². The summed E-state index contributed by atoms with van der Waals surface area (Å²) in [5.74, 6) is 1.30. The topological polar surface area (TPSA) is 95.6 Å². The Bertz CT molecular complexity index is 1250. The minimum atomic E-state index is -1.25. The number of pyridine rings is 1. The molecule has 0 spiro atoms. The Morgan fingerprint density at radius 3 is 2.53 bits per heavy atom. The summed E-state index contributed by atoms with van der Waals surface area (Å²) in [6.45, 7) is 11.2. The first kappa shape index (κ1) is 24.6. The second kappa shape index (κ2) is 9.09. The lowest BCUT2D eigenvalue weighted by Crippen LogP contribution is -2.63. The first-order chi connectivity index (χ1) is 17.1. The van der Waals surface area contributed by atoms with E-state index in [-0.39, 0.29) is 11.8 Å². The molecule has 3 aromatic rings. The van der Waals surface area contributed by atoms with E-state index in [1.54, 1.807) is 17.3 Å². The van der Waals surface area contributed by atoms with Gasteiger partial charge in [-0.2, -0.15) is 4.98 Å². The summed E-state index contributed by atoms with van der Waals surface area (Å²) >= 11 is 0. The van der Waals surface area contributed by atoms with Gasteiger partial charge in [-0.3, -0.25) is 9.78 Å². The molecule has 2 aromatic heterocycles. The lowest BCUT2D eigenvalue weighted by molar-refractivity contribution is -0.127. The van der Waals surface area contributed by atoms with Crippen molar-refractivity contribution >= 4 is 5.91 Å². The van der Waals surface area contributed by atoms with Crippen LogP contribution in [-0.2, 0) is 10.4 Å². The van der Waals surface area contributed by atoms with Crippen molar-refractivity contribution in [2.24, 2.45) is 5.41 Å². The van der Waals surface area contributed by atoms with Crippen molar-refractivity contribution < 1.29 is 14.4 Å². The second-order valence-electron chi connectivity index (χ2n) is 11.0. The smallest absolute Gasteiger partial charge is 0.232 e. The van der Waals surface area contributed by atoms with Gasteiger partial charge < -0.3 is 19.4 Å². The molecular weight excluding hydrogens is 454 g/mol. The summed E-state index contributed by atoms with van der Waals surface area (Å²) in [5.41, 5.74) is 1.82. The molecule has 0 saturated carbocycles. The van der Waals surface area contributed by atoms with E-state index < -0.39 is 11.0 Å². The van der Waals surface area contributed by atoms with Crippen LogP contribution in [0.5, 0.6) is 0 Å². The van der Waals surface area contributed by atoms with Crippen LogP contribution >= 0.6 is 0 Å². The Kier molecular flexibility index (Phi) is 6.21. The van der Waals surface area contributed by atoms with Gasteiger partial charge in [0.05, 0.1) is 5.92 Å². The number of likely N-dealkylation sites (tertiary alicyclic amines) is 2. The minimum Gasteiger partial charge on any atom is -0.380 e. The van der Waals surface area contributed by atoms with Gasteiger partial charge in [-0.1, -0.05) is 50.2 Å². The van der Waals surface area contributed by atoms with Crippen molar-refractivity contribution in [2.45, 2.75) is 51.6 Å². The summed E-state index contributed by atoms with van der Waals surface area (Å²) in [7, 11) is 2.06. The van der Waals surface area contributed by atoms with Crippen molar-refractivity contribution in [3.05, 3.63) is 65.3 Å². The SMILES string of the molecule is CCN1C[C@@H](c2nc(-c3cncc(C(O)(c4ccc(C(C)C)cc4)C4(C)CN(C)C4)c3)no2)CC1=O. The molecule has 0 aliphatic carbocycles. The Balaban J connectivity index is 1.51. The summed E-state index contributed by atoms with van der Waals surface area (Å²) in [6.07, 6.45) is 3.80. The average molecular weight is 490 g/mol. The number of aliphatic hydroxyl groups is 1. The number of aromatic nitrogens is 3. The molecule has 190 valence electrons. The maximum Gasteiger partial charge on any atom is 0.232 e. The van der Waals surface area contributed by atoms with Crippen LogP contribution in [0.3, 0.4) is 0 Å². The van der Waals surface area contributed by atoms with E-state index in [0.29, 0.717) is 48.3 Å². The van der Waals surface area contributed by atoms with E-state index >= 15 is 0 Å². The number of likely N-dealkylation sites (N-methyl/N-ethyl adjacent to an activating group) is 1. The van der Waals surface area contributed by atoms with Crippen LogP contribution in [0.4, 0.5) is 0 Å². The Morgan fingerprint density at radius 1 is 1.19 bits per heavy atom. The van der Waals surface area contributed by atoms with Crippen LogP contribution in [0.15, 0.2) is 47.2 Å². The second-order valence-corrected chi connectivity index (χ2v) is 11.0. The predicted molar refractivity (Wildman–Crippen MR) is 136 cm³/mol. The zero-order valence-electron chi connectivity index (χ0n) is 21.7. The molecule has 4 heterocycles. The van der Waals surface area contributed by atoms with Crippen molar-refractivity contribution in [3.63, 3.8) is 0 Å². The maximum atomic E-state index is 12.4. The minimum absolute atomic E-state index is 0.101. The van der Waals surface area contributed by atoms with Crippen LogP contribution in [0.1, 0.15) is 68.5 Å². The Morgan fingerprint density at radius 2 is 1.92 bits per heavy atom. The van der Waals surface area contributed by atoms with Gasteiger partial charge in [0.2, 0.25) is 17.6 Å². The van der Waals surface area contributed by atoms with Gasteiger partial charge in [-0.05, 0) is 37.1 Å². The summed E-state index contributed by atoms with van der Waals surface area (Å²) in [5, 5.41) is 16.6. The zero-order chi connectivity index (χ0) is 25.7. The molecule has 5 rings (SSSR count). The molecule has 8 heteroatoms. The fourth-order valence-electron chi connectivity index (χ4n) is 5.87. The van der Waals surface area contributed by atoms with Gasteiger partial charge in [0.15, 0.2) is 0 Å². The molecule has 36 heavy (non-hydrogen) atoms. The third-order valence-electron chi connectivity index (χ3n) is 7.91. The lowest BCUT2D eigenvalue weighted by Gasteiger charge is -2.55. The average Bonchev–Trinajstić information content (AvgIpc) is 3.49. The molecule has 2 atom stereocenters. The monoisotopic (exact) mass is 489 g/mol. The van der Waals surface area contributed by atoms with Gasteiger partial charge in [0.1, 0.15) is 5.60 Å². The van der Waals surface area contributed by atoms with Crippen molar-refractivity contribution in [1.82, 2.24) is 24.9 Å². The molecule has 2 aliphatic rings.